The van der Waals surface area contributed by atoms with Gasteiger partial charge in [0.25, 0.3) is 0 Å². The molecule has 0 bridgehead atoms. The minimum absolute atomic E-state index is 0.114. The summed E-state index contributed by atoms with van der Waals surface area (Å²) >= 11 is 1.24. The fourth-order valence-electron chi connectivity index (χ4n) is 1.05. The lowest BCUT2D eigenvalue weighted by Gasteiger charge is -2.04. The summed E-state index contributed by atoms with van der Waals surface area (Å²) in [5.41, 5.74) is 0. The summed E-state index contributed by atoms with van der Waals surface area (Å²) in [5, 5.41) is 4.63. The van der Waals surface area contributed by atoms with Crippen LogP contribution in [-0.2, 0) is 4.79 Å². The van der Waals surface area contributed by atoms with Crippen molar-refractivity contribution in [1.29, 1.82) is 0 Å². The van der Waals surface area contributed by atoms with Crippen LogP contribution in [0.1, 0.15) is 6.92 Å². The third-order valence-corrected chi connectivity index (χ3v) is 2.79. The molecule has 0 aliphatic rings. The number of thioether (sulfide) groups is 1. The fraction of sp³-hybridized carbons (Fsp3) is 0.273. The standard InChI is InChI=1S/C11H13FN2O2S/c1-2-13-11(16)14-10(15)7-17-9-5-3-8(12)4-6-9/h3-6H,2,7H2,1H3,(H2,13,14,15,16). The third kappa shape index (κ3) is 5.35. The molecule has 0 heterocycles. The van der Waals surface area contributed by atoms with Crippen molar-refractivity contribution in [2.45, 2.75) is 11.8 Å². The van der Waals surface area contributed by atoms with Crippen LogP contribution in [0.3, 0.4) is 0 Å². The van der Waals surface area contributed by atoms with E-state index in [4.69, 9.17) is 0 Å². The van der Waals surface area contributed by atoms with Crippen molar-refractivity contribution in [3.05, 3.63) is 30.1 Å². The summed E-state index contributed by atoms with van der Waals surface area (Å²) in [5.74, 6) is -0.589. The van der Waals surface area contributed by atoms with Gasteiger partial charge >= 0.3 is 6.03 Å². The van der Waals surface area contributed by atoms with Gasteiger partial charge in [-0.05, 0) is 31.2 Å². The SMILES string of the molecule is CCNC(=O)NC(=O)CSc1ccc(F)cc1. The van der Waals surface area contributed by atoms with E-state index in [0.29, 0.717) is 6.54 Å². The largest absolute Gasteiger partial charge is 0.338 e. The number of amides is 3. The Hall–Kier alpha value is -1.56. The van der Waals surface area contributed by atoms with Gasteiger partial charge in [-0.2, -0.15) is 0 Å². The quantitative estimate of drug-likeness (QED) is 0.807. The van der Waals surface area contributed by atoms with Crippen molar-refractivity contribution in [3.63, 3.8) is 0 Å². The summed E-state index contributed by atoms with van der Waals surface area (Å²) in [6.45, 7) is 2.22. The van der Waals surface area contributed by atoms with Crippen LogP contribution in [0.4, 0.5) is 9.18 Å². The van der Waals surface area contributed by atoms with Crippen molar-refractivity contribution in [2.75, 3.05) is 12.3 Å². The van der Waals surface area contributed by atoms with Crippen molar-refractivity contribution >= 4 is 23.7 Å². The van der Waals surface area contributed by atoms with Crippen LogP contribution in [0.5, 0.6) is 0 Å². The molecular formula is C11H13FN2O2S. The van der Waals surface area contributed by atoms with Crippen LogP contribution >= 0.6 is 11.8 Å². The van der Waals surface area contributed by atoms with Gasteiger partial charge in [0.15, 0.2) is 0 Å². The molecule has 1 rings (SSSR count). The van der Waals surface area contributed by atoms with Gasteiger partial charge in [0.05, 0.1) is 5.75 Å². The maximum Gasteiger partial charge on any atom is 0.321 e. The highest BCUT2D eigenvalue weighted by atomic mass is 32.2. The van der Waals surface area contributed by atoms with Gasteiger partial charge in [-0.15, -0.1) is 11.8 Å². The average molecular weight is 256 g/mol. The zero-order valence-corrected chi connectivity index (χ0v) is 10.1. The fourth-order valence-corrected chi connectivity index (χ4v) is 1.75. The number of carbonyl (C=O) groups is 2. The number of halogens is 1. The first-order valence-corrected chi connectivity index (χ1v) is 6.06. The topological polar surface area (TPSA) is 58.2 Å². The Kier molecular flexibility index (Phi) is 5.48. The van der Waals surface area contributed by atoms with E-state index in [1.807, 2.05) is 0 Å². The number of benzene rings is 1. The normalized spacial score (nSPS) is 9.76. The first kappa shape index (κ1) is 13.5. The first-order chi connectivity index (χ1) is 8.11. The average Bonchev–Trinajstić information content (AvgIpc) is 2.28. The second-order valence-electron chi connectivity index (χ2n) is 3.15. The molecule has 4 nitrogen and oxygen atoms in total. The lowest BCUT2D eigenvalue weighted by molar-refractivity contribution is -0.117. The second kappa shape index (κ2) is 6.90. The first-order valence-electron chi connectivity index (χ1n) is 5.08. The highest BCUT2D eigenvalue weighted by molar-refractivity contribution is 8.00. The Labute approximate surface area is 103 Å². The summed E-state index contributed by atoms with van der Waals surface area (Å²) < 4.78 is 12.6. The number of nitrogens with one attached hydrogen (secondary N) is 2. The number of rotatable bonds is 4. The van der Waals surface area contributed by atoms with Crippen LogP contribution in [-0.4, -0.2) is 24.2 Å². The highest BCUT2D eigenvalue weighted by Gasteiger charge is 2.06. The summed E-state index contributed by atoms with van der Waals surface area (Å²) in [6.07, 6.45) is 0. The molecule has 92 valence electrons. The van der Waals surface area contributed by atoms with Crippen LogP contribution in [0, 0.1) is 5.82 Å². The molecule has 2 N–H and O–H groups in total. The van der Waals surface area contributed by atoms with Crippen LogP contribution in [0.25, 0.3) is 0 Å². The Morgan fingerprint density at radius 1 is 1.29 bits per heavy atom. The predicted molar refractivity (Wildman–Crippen MR) is 64.3 cm³/mol. The molecule has 0 aliphatic heterocycles. The van der Waals surface area contributed by atoms with E-state index >= 15 is 0 Å². The Morgan fingerprint density at radius 3 is 2.53 bits per heavy atom. The highest BCUT2D eigenvalue weighted by Crippen LogP contribution is 2.17. The van der Waals surface area contributed by atoms with Gasteiger partial charge in [0.2, 0.25) is 5.91 Å². The molecular weight excluding hydrogens is 243 g/mol. The molecule has 6 heteroatoms. The molecule has 0 atom stereocenters. The maximum atomic E-state index is 12.6. The molecule has 0 aliphatic carbocycles. The van der Waals surface area contributed by atoms with E-state index in [-0.39, 0.29) is 17.5 Å². The Morgan fingerprint density at radius 2 is 1.94 bits per heavy atom. The molecule has 0 aromatic heterocycles. The van der Waals surface area contributed by atoms with Gasteiger partial charge in [0, 0.05) is 11.4 Å². The minimum Gasteiger partial charge on any atom is -0.338 e. The molecule has 3 amide bonds. The molecule has 0 saturated heterocycles. The number of hydrogen-bond donors (Lipinski definition) is 2. The predicted octanol–water partition coefficient (Wildman–Crippen LogP) is 1.76. The maximum absolute atomic E-state index is 12.6. The van der Waals surface area contributed by atoms with Crippen LogP contribution < -0.4 is 10.6 Å². The molecule has 0 fully saturated rings. The zero-order valence-electron chi connectivity index (χ0n) is 9.33. The van der Waals surface area contributed by atoms with Gasteiger partial charge in [-0.1, -0.05) is 0 Å². The van der Waals surface area contributed by atoms with Gasteiger partial charge in [-0.3, -0.25) is 10.1 Å². The van der Waals surface area contributed by atoms with Crippen molar-refractivity contribution in [1.82, 2.24) is 10.6 Å². The van der Waals surface area contributed by atoms with Crippen LogP contribution in [0.15, 0.2) is 29.2 Å². The number of hydrogen-bond acceptors (Lipinski definition) is 3. The monoisotopic (exact) mass is 256 g/mol. The zero-order chi connectivity index (χ0) is 12.7. The van der Waals surface area contributed by atoms with E-state index in [0.717, 1.165) is 4.90 Å². The lowest BCUT2D eigenvalue weighted by atomic mass is 10.4. The van der Waals surface area contributed by atoms with Crippen molar-refractivity contribution in [2.24, 2.45) is 0 Å². The Bertz CT molecular complexity index is 395. The lowest BCUT2D eigenvalue weighted by Crippen LogP contribution is -2.40. The summed E-state index contributed by atoms with van der Waals surface area (Å²) in [4.78, 5) is 23.1. The van der Waals surface area contributed by atoms with Crippen LogP contribution in [0.2, 0.25) is 0 Å². The molecule has 0 spiro atoms. The molecule has 17 heavy (non-hydrogen) atoms. The van der Waals surface area contributed by atoms with Gasteiger partial charge in [0.1, 0.15) is 5.82 Å². The number of urea groups is 1. The van der Waals surface area contributed by atoms with Gasteiger partial charge in [-0.25, -0.2) is 9.18 Å². The molecule has 0 unspecified atom stereocenters. The minimum atomic E-state index is -0.503. The van der Waals surface area contributed by atoms with E-state index in [2.05, 4.69) is 10.6 Å². The van der Waals surface area contributed by atoms with Gasteiger partial charge < -0.3 is 5.32 Å². The van der Waals surface area contributed by atoms with E-state index < -0.39 is 6.03 Å². The Balaban J connectivity index is 2.33. The van der Waals surface area contributed by atoms with E-state index in [1.54, 1.807) is 19.1 Å². The molecule has 1 aromatic carbocycles. The molecule has 1 aromatic rings. The van der Waals surface area contributed by atoms with Crippen molar-refractivity contribution < 1.29 is 14.0 Å². The van der Waals surface area contributed by atoms with E-state index in [9.17, 15) is 14.0 Å². The van der Waals surface area contributed by atoms with Crippen molar-refractivity contribution in [3.8, 4) is 0 Å². The second-order valence-corrected chi connectivity index (χ2v) is 4.20. The number of carbonyl (C=O) groups excluding carboxylic acids is 2. The molecule has 0 saturated carbocycles. The summed E-state index contributed by atoms with van der Waals surface area (Å²) in [7, 11) is 0. The third-order valence-electron chi connectivity index (χ3n) is 1.77. The molecule has 0 radical (unpaired) electrons. The number of imide groups is 1. The van der Waals surface area contributed by atoms with E-state index in [1.165, 1.54) is 23.9 Å². The summed E-state index contributed by atoms with van der Waals surface area (Å²) in [6, 6.07) is 5.31. The smallest absolute Gasteiger partial charge is 0.321 e.